The molecule has 1 aromatic carbocycles. The number of halogens is 1. The Morgan fingerprint density at radius 3 is 2.61 bits per heavy atom. The van der Waals surface area contributed by atoms with E-state index in [1.807, 2.05) is 11.8 Å². The second kappa shape index (κ2) is 8.76. The summed E-state index contributed by atoms with van der Waals surface area (Å²) in [6.07, 6.45) is 4.31. The van der Waals surface area contributed by atoms with Gasteiger partial charge < -0.3 is 5.32 Å². The molecule has 0 atom stereocenters. The van der Waals surface area contributed by atoms with Crippen LogP contribution in [0.15, 0.2) is 24.3 Å². The molecular weight excluding hydrogens is 395 g/mol. The van der Waals surface area contributed by atoms with Crippen molar-refractivity contribution in [1.29, 1.82) is 0 Å². The van der Waals surface area contributed by atoms with E-state index in [1.165, 1.54) is 42.0 Å². The van der Waals surface area contributed by atoms with Crippen molar-refractivity contribution in [2.75, 3.05) is 30.7 Å². The highest BCUT2D eigenvalue weighted by Gasteiger charge is 2.27. The molecule has 3 heterocycles. The molecule has 2 aliphatic heterocycles. The van der Waals surface area contributed by atoms with E-state index in [4.69, 9.17) is 0 Å². The first-order chi connectivity index (χ1) is 13.6. The molecule has 1 saturated heterocycles. The summed E-state index contributed by atoms with van der Waals surface area (Å²) in [7, 11) is 0. The average molecular weight is 419 g/mol. The summed E-state index contributed by atoms with van der Waals surface area (Å²) in [5.41, 5.74) is 2.09. The number of rotatable bonds is 5. The van der Waals surface area contributed by atoms with Gasteiger partial charge in [0.15, 0.2) is 5.78 Å². The van der Waals surface area contributed by atoms with Crippen LogP contribution < -0.4 is 5.32 Å². The number of piperidine rings is 1. The van der Waals surface area contributed by atoms with Gasteiger partial charge >= 0.3 is 0 Å². The first-order valence-electron chi connectivity index (χ1n) is 9.66. The van der Waals surface area contributed by atoms with Crippen molar-refractivity contribution in [2.24, 2.45) is 0 Å². The van der Waals surface area contributed by atoms with E-state index in [-0.39, 0.29) is 17.5 Å². The van der Waals surface area contributed by atoms with Crippen LogP contribution in [0, 0.1) is 5.82 Å². The van der Waals surface area contributed by atoms with Gasteiger partial charge in [-0.25, -0.2) is 4.39 Å². The number of likely N-dealkylation sites (tertiary alicyclic amines) is 1. The minimum absolute atomic E-state index is 0.0682. The molecule has 1 aromatic heterocycles. The van der Waals surface area contributed by atoms with Gasteiger partial charge in [-0.15, -0.1) is 11.3 Å². The summed E-state index contributed by atoms with van der Waals surface area (Å²) >= 11 is 3.36. The third-order valence-corrected chi connectivity index (χ3v) is 7.54. The number of thiophene rings is 1. The molecule has 148 valence electrons. The third kappa shape index (κ3) is 4.31. The number of hydrogen-bond donors (Lipinski definition) is 1. The first-order valence-corrected chi connectivity index (χ1v) is 11.6. The van der Waals surface area contributed by atoms with Gasteiger partial charge in [0.05, 0.1) is 12.1 Å². The van der Waals surface area contributed by atoms with Crippen LogP contribution in [0.25, 0.3) is 0 Å². The van der Waals surface area contributed by atoms with Crippen molar-refractivity contribution in [2.45, 2.75) is 31.4 Å². The zero-order valence-electron chi connectivity index (χ0n) is 15.6. The molecule has 4 nitrogen and oxygen atoms in total. The number of nitrogens with one attached hydrogen (secondary N) is 1. The van der Waals surface area contributed by atoms with E-state index in [9.17, 15) is 14.0 Å². The molecule has 0 aliphatic carbocycles. The molecule has 1 fully saturated rings. The van der Waals surface area contributed by atoms with Crippen molar-refractivity contribution in [3.63, 3.8) is 0 Å². The van der Waals surface area contributed by atoms with Crippen molar-refractivity contribution < 1.29 is 14.0 Å². The van der Waals surface area contributed by atoms with Crippen LogP contribution in [0.3, 0.4) is 0 Å². The minimum atomic E-state index is -0.365. The fourth-order valence-corrected chi connectivity index (χ4v) is 6.19. The maximum Gasteiger partial charge on any atom is 0.239 e. The van der Waals surface area contributed by atoms with Gasteiger partial charge in [-0.05, 0) is 67.9 Å². The number of benzene rings is 1. The van der Waals surface area contributed by atoms with Gasteiger partial charge in [0.1, 0.15) is 10.8 Å². The Morgan fingerprint density at radius 1 is 1.11 bits per heavy atom. The zero-order chi connectivity index (χ0) is 19.5. The van der Waals surface area contributed by atoms with E-state index < -0.39 is 0 Å². The van der Waals surface area contributed by atoms with Crippen molar-refractivity contribution in [3.05, 3.63) is 51.7 Å². The number of anilines is 1. The zero-order valence-corrected chi connectivity index (χ0v) is 17.3. The lowest BCUT2D eigenvalue weighted by Crippen LogP contribution is -2.36. The summed E-state index contributed by atoms with van der Waals surface area (Å²) in [6.45, 7) is 2.26. The highest BCUT2D eigenvalue weighted by molar-refractivity contribution is 7.98. The van der Waals surface area contributed by atoms with E-state index in [2.05, 4.69) is 10.2 Å². The van der Waals surface area contributed by atoms with E-state index >= 15 is 0 Å². The molecule has 0 radical (unpaired) electrons. The summed E-state index contributed by atoms with van der Waals surface area (Å²) in [6, 6.07) is 5.63. The minimum Gasteiger partial charge on any atom is -0.316 e. The molecule has 0 unspecified atom stereocenters. The number of ketones is 1. The number of thioether (sulfide) groups is 1. The smallest absolute Gasteiger partial charge is 0.239 e. The fourth-order valence-electron chi connectivity index (χ4n) is 3.79. The normalized spacial score (nSPS) is 17.2. The molecular formula is C21H23FN2O2S2. The summed E-state index contributed by atoms with van der Waals surface area (Å²) in [4.78, 5) is 29.2. The fraction of sp³-hybridized carbons (Fsp3) is 0.429. The van der Waals surface area contributed by atoms with Crippen LogP contribution in [0.4, 0.5) is 9.39 Å². The van der Waals surface area contributed by atoms with Crippen LogP contribution in [-0.4, -0.2) is 42.0 Å². The number of carbonyl (C=O) groups excluding carboxylic acids is 2. The van der Waals surface area contributed by atoms with Gasteiger partial charge in [-0.3, -0.25) is 14.5 Å². The van der Waals surface area contributed by atoms with Crippen LogP contribution in [0.1, 0.15) is 45.6 Å². The number of carbonyl (C=O) groups is 2. The molecule has 1 amide bonds. The molecule has 4 rings (SSSR count). The summed E-state index contributed by atoms with van der Waals surface area (Å²) in [5.74, 6) is 1.26. The Kier molecular flexibility index (Phi) is 6.13. The molecule has 0 spiro atoms. The van der Waals surface area contributed by atoms with Gasteiger partial charge in [0, 0.05) is 16.2 Å². The van der Waals surface area contributed by atoms with Crippen LogP contribution in [0.5, 0.6) is 0 Å². The monoisotopic (exact) mass is 418 g/mol. The maximum absolute atomic E-state index is 13.3. The van der Waals surface area contributed by atoms with E-state index in [0.717, 1.165) is 54.3 Å². The van der Waals surface area contributed by atoms with Gasteiger partial charge in [-0.1, -0.05) is 6.42 Å². The Labute approximate surface area is 172 Å². The molecule has 28 heavy (non-hydrogen) atoms. The highest BCUT2D eigenvalue weighted by atomic mass is 32.2. The quantitative estimate of drug-likeness (QED) is 0.734. The molecule has 2 aliphatic rings. The van der Waals surface area contributed by atoms with Crippen LogP contribution >= 0.6 is 23.1 Å². The Hall–Kier alpha value is -1.70. The number of fused-ring (bicyclic) bond motifs is 1. The topological polar surface area (TPSA) is 49.4 Å². The first kappa shape index (κ1) is 19.6. The lowest BCUT2D eigenvalue weighted by atomic mass is 9.98. The lowest BCUT2D eigenvalue weighted by Gasteiger charge is -2.25. The third-order valence-electron chi connectivity index (χ3n) is 5.22. The summed E-state index contributed by atoms with van der Waals surface area (Å²) < 4.78 is 13.3. The lowest BCUT2D eigenvalue weighted by molar-refractivity contribution is -0.117. The molecule has 0 saturated carbocycles. The van der Waals surface area contributed by atoms with Gasteiger partial charge in [-0.2, -0.15) is 11.8 Å². The van der Waals surface area contributed by atoms with E-state index in [0.29, 0.717) is 22.7 Å². The molecule has 7 heteroatoms. The molecule has 2 aromatic rings. The summed E-state index contributed by atoms with van der Waals surface area (Å²) in [5, 5.41) is 3.65. The van der Waals surface area contributed by atoms with Crippen molar-refractivity contribution in [1.82, 2.24) is 4.90 Å². The second-order valence-electron chi connectivity index (χ2n) is 7.23. The standard InChI is InChI=1S/C21H23FN2O2S2/c22-15-6-4-14(5-7-15)20(26)19-16-8-11-27-13-17(16)28-21(19)23-18(25)12-24-9-2-1-3-10-24/h4-7H,1-3,8-13H2,(H,23,25). The largest absolute Gasteiger partial charge is 0.316 e. The maximum atomic E-state index is 13.3. The number of hydrogen-bond acceptors (Lipinski definition) is 5. The van der Waals surface area contributed by atoms with Crippen LogP contribution in [-0.2, 0) is 17.0 Å². The SMILES string of the molecule is O=C(CN1CCCCC1)Nc1sc2c(c1C(=O)c1ccc(F)cc1)CCSC2. The Morgan fingerprint density at radius 2 is 1.86 bits per heavy atom. The molecule has 0 bridgehead atoms. The Bertz CT molecular complexity index is 873. The van der Waals surface area contributed by atoms with Crippen molar-refractivity contribution in [3.8, 4) is 0 Å². The second-order valence-corrected chi connectivity index (χ2v) is 9.44. The predicted molar refractivity (Wildman–Crippen MR) is 113 cm³/mol. The highest BCUT2D eigenvalue weighted by Crippen LogP contribution is 2.40. The molecule has 1 N–H and O–H groups in total. The number of amides is 1. The predicted octanol–water partition coefficient (Wildman–Crippen LogP) is 4.33. The van der Waals surface area contributed by atoms with Gasteiger partial charge in [0.25, 0.3) is 0 Å². The van der Waals surface area contributed by atoms with Crippen molar-refractivity contribution >= 4 is 39.8 Å². The van der Waals surface area contributed by atoms with Crippen LogP contribution in [0.2, 0.25) is 0 Å². The number of nitrogens with zero attached hydrogens (tertiary/aromatic N) is 1. The van der Waals surface area contributed by atoms with E-state index in [1.54, 1.807) is 0 Å². The van der Waals surface area contributed by atoms with Gasteiger partial charge in [0.2, 0.25) is 5.91 Å². The Balaban J connectivity index is 1.59. The average Bonchev–Trinajstić information content (AvgIpc) is 3.06.